The van der Waals surface area contributed by atoms with E-state index in [-0.39, 0.29) is 12.6 Å². The van der Waals surface area contributed by atoms with Gasteiger partial charge in [0.1, 0.15) is 0 Å². The fourth-order valence-electron chi connectivity index (χ4n) is 0.935. The molecule has 1 unspecified atom stereocenters. The summed E-state index contributed by atoms with van der Waals surface area (Å²) in [6.07, 6.45) is -2.38. The van der Waals surface area contributed by atoms with Crippen LogP contribution in [0.4, 0.5) is 13.2 Å². The molecule has 0 saturated carbocycles. The number of carbonyl (C=O) groups is 1. The number of thioether (sulfide) groups is 1. The number of halogens is 3. The highest BCUT2D eigenvalue weighted by molar-refractivity contribution is 7.98. The normalized spacial score (nSPS) is 13.7. The van der Waals surface area contributed by atoms with E-state index < -0.39 is 18.6 Å². The molecule has 15 heavy (non-hydrogen) atoms. The van der Waals surface area contributed by atoms with Gasteiger partial charge in [0.25, 0.3) is 0 Å². The smallest absolute Gasteiger partial charge is 0.352 e. The number of hydrogen-bond acceptors (Lipinski definition) is 3. The molecule has 0 aromatic carbocycles. The van der Waals surface area contributed by atoms with Crippen LogP contribution in [-0.4, -0.2) is 43.2 Å². The maximum Gasteiger partial charge on any atom is 0.401 e. The highest BCUT2D eigenvalue weighted by Gasteiger charge is 2.26. The van der Waals surface area contributed by atoms with Crippen molar-refractivity contribution in [2.45, 2.75) is 19.1 Å². The van der Waals surface area contributed by atoms with E-state index in [1.165, 1.54) is 0 Å². The summed E-state index contributed by atoms with van der Waals surface area (Å²) in [6, 6.07) is -0.0276. The van der Waals surface area contributed by atoms with E-state index in [2.05, 4.69) is 5.32 Å². The molecule has 0 heterocycles. The summed E-state index contributed by atoms with van der Waals surface area (Å²) in [7, 11) is 0. The number of amides is 1. The molecule has 0 fully saturated rings. The fourth-order valence-corrected chi connectivity index (χ4v) is 1.52. The van der Waals surface area contributed by atoms with E-state index in [4.69, 9.17) is 0 Å². The molecule has 0 bridgehead atoms. The molecule has 0 saturated heterocycles. The number of hydrogen-bond donors (Lipinski definition) is 2. The quantitative estimate of drug-likeness (QED) is 0.732. The van der Waals surface area contributed by atoms with Gasteiger partial charge < -0.3 is 10.6 Å². The minimum Gasteiger partial charge on any atom is -0.352 e. The highest BCUT2D eigenvalue weighted by Crippen LogP contribution is 2.11. The predicted molar refractivity (Wildman–Crippen MR) is 54.9 cm³/mol. The minimum atomic E-state index is -4.27. The van der Waals surface area contributed by atoms with Crippen LogP contribution < -0.4 is 10.6 Å². The van der Waals surface area contributed by atoms with Gasteiger partial charge in [0.2, 0.25) is 5.91 Å². The third kappa shape index (κ3) is 9.86. The van der Waals surface area contributed by atoms with Crippen molar-refractivity contribution in [1.82, 2.24) is 10.6 Å². The van der Waals surface area contributed by atoms with Gasteiger partial charge in [-0.3, -0.25) is 4.79 Å². The van der Waals surface area contributed by atoms with Crippen LogP contribution in [0.5, 0.6) is 0 Å². The average molecular weight is 244 g/mol. The Balaban J connectivity index is 3.58. The lowest BCUT2D eigenvalue weighted by atomic mass is 10.4. The number of nitrogens with one attached hydrogen (secondary N) is 2. The van der Waals surface area contributed by atoms with Gasteiger partial charge in [-0.1, -0.05) is 0 Å². The molecular weight excluding hydrogens is 229 g/mol. The van der Waals surface area contributed by atoms with Crippen LogP contribution in [0.2, 0.25) is 0 Å². The molecule has 3 nitrogen and oxygen atoms in total. The molecule has 0 aliphatic rings. The summed E-state index contributed by atoms with van der Waals surface area (Å²) in [5.74, 6) is 0.325. The molecule has 0 aliphatic heterocycles. The van der Waals surface area contributed by atoms with Crippen LogP contribution in [0, 0.1) is 0 Å². The molecule has 0 aliphatic carbocycles. The third-order valence-corrected chi connectivity index (χ3v) is 2.27. The summed E-state index contributed by atoms with van der Waals surface area (Å²) in [4.78, 5) is 11.1. The zero-order valence-corrected chi connectivity index (χ0v) is 9.47. The average Bonchev–Trinajstić information content (AvgIpc) is 2.01. The van der Waals surface area contributed by atoms with Gasteiger partial charge in [0.15, 0.2) is 0 Å². The van der Waals surface area contributed by atoms with Gasteiger partial charge in [-0.05, 0) is 13.2 Å². The van der Waals surface area contributed by atoms with Crippen molar-refractivity contribution in [2.75, 3.05) is 25.1 Å². The molecule has 0 radical (unpaired) electrons. The van der Waals surface area contributed by atoms with E-state index in [1.807, 2.05) is 11.6 Å². The molecule has 0 rings (SSSR count). The van der Waals surface area contributed by atoms with Gasteiger partial charge in [0.05, 0.1) is 13.1 Å². The topological polar surface area (TPSA) is 41.1 Å². The standard InChI is InChI=1S/C8H15F3N2OS/c1-6(4-15-2)13-7(14)3-12-5-8(9,10)11/h6,12H,3-5H2,1-2H3,(H,13,14). The Morgan fingerprint density at radius 3 is 2.53 bits per heavy atom. The first-order chi connectivity index (χ1) is 6.85. The first kappa shape index (κ1) is 14.6. The largest absolute Gasteiger partial charge is 0.401 e. The van der Waals surface area contributed by atoms with Crippen LogP contribution in [-0.2, 0) is 4.79 Å². The third-order valence-electron chi connectivity index (χ3n) is 1.44. The zero-order chi connectivity index (χ0) is 11.9. The van der Waals surface area contributed by atoms with E-state index in [9.17, 15) is 18.0 Å². The molecule has 7 heteroatoms. The van der Waals surface area contributed by atoms with Gasteiger partial charge in [-0.25, -0.2) is 0 Å². The van der Waals surface area contributed by atoms with Crippen molar-refractivity contribution in [1.29, 1.82) is 0 Å². The molecule has 1 atom stereocenters. The van der Waals surface area contributed by atoms with Crippen molar-refractivity contribution in [3.8, 4) is 0 Å². The Labute approximate surface area is 91.2 Å². The van der Waals surface area contributed by atoms with Gasteiger partial charge in [-0.2, -0.15) is 24.9 Å². The second kappa shape index (κ2) is 6.95. The lowest BCUT2D eigenvalue weighted by Gasteiger charge is -2.13. The Morgan fingerprint density at radius 1 is 1.47 bits per heavy atom. The molecule has 0 aromatic heterocycles. The first-order valence-corrected chi connectivity index (χ1v) is 5.80. The van der Waals surface area contributed by atoms with E-state index >= 15 is 0 Å². The molecule has 2 N–H and O–H groups in total. The molecule has 1 amide bonds. The van der Waals surface area contributed by atoms with Crippen LogP contribution in [0.1, 0.15) is 6.92 Å². The van der Waals surface area contributed by atoms with Crippen LogP contribution in [0.15, 0.2) is 0 Å². The molecule has 0 aromatic rings. The van der Waals surface area contributed by atoms with Crippen LogP contribution in [0.3, 0.4) is 0 Å². The Kier molecular flexibility index (Phi) is 6.75. The van der Waals surface area contributed by atoms with Gasteiger partial charge in [-0.15, -0.1) is 0 Å². The van der Waals surface area contributed by atoms with E-state index in [0.29, 0.717) is 0 Å². The number of alkyl halides is 3. The Bertz CT molecular complexity index is 199. The molecule has 0 spiro atoms. The second-order valence-electron chi connectivity index (χ2n) is 3.14. The number of carbonyl (C=O) groups excluding carboxylic acids is 1. The zero-order valence-electron chi connectivity index (χ0n) is 8.65. The fraction of sp³-hybridized carbons (Fsp3) is 0.875. The van der Waals surface area contributed by atoms with Crippen molar-refractivity contribution >= 4 is 17.7 Å². The Morgan fingerprint density at radius 2 is 2.07 bits per heavy atom. The summed E-state index contributed by atoms with van der Waals surface area (Å²) in [6.45, 7) is 0.355. The maximum atomic E-state index is 11.7. The first-order valence-electron chi connectivity index (χ1n) is 4.41. The molecular formula is C8H15F3N2OS. The summed E-state index contributed by atoms with van der Waals surface area (Å²) in [5.41, 5.74) is 0. The van der Waals surface area contributed by atoms with E-state index in [1.54, 1.807) is 18.7 Å². The summed E-state index contributed by atoms with van der Waals surface area (Å²) >= 11 is 1.56. The second-order valence-corrected chi connectivity index (χ2v) is 4.05. The SMILES string of the molecule is CSCC(C)NC(=O)CNCC(F)(F)F. The van der Waals surface area contributed by atoms with Gasteiger partial charge >= 0.3 is 6.18 Å². The highest BCUT2D eigenvalue weighted by atomic mass is 32.2. The van der Waals surface area contributed by atoms with Crippen LogP contribution in [0.25, 0.3) is 0 Å². The minimum absolute atomic E-state index is 0.0276. The summed E-state index contributed by atoms with van der Waals surface area (Å²) < 4.78 is 35.1. The van der Waals surface area contributed by atoms with Crippen molar-refractivity contribution in [2.24, 2.45) is 0 Å². The summed E-state index contributed by atoms with van der Waals surface area (Å²) in [5, 5.41) is 4.61. The maximum absolute atomic E-state index is 11.7. The molecule has 90 valence electrons. The van der Waals surface area contributed by atoms with Crippen LogP contribution >= 0.6 is 11.8 Å². The number of rotatable bonds is 6. The Hall–Kier alpha value is -0.430. The van der Waals surface area contributed by atoms with Gasteiger partial charge in [0, 0.05) is 11.8 Å². The predicted octanol–water partition coefficient (Wildman–Crippen LogP) is 1.01. The lowest BCUT2D eigenvalue weighted by molar-refractivity contribution is -0.128. The van der Waals surface area contributed by atoms with Crippen molar-refractivity contribution in [3.63, 3.8) is 0 Å². The monoisotopic (exact) mass is 244 g/mol. The van der Waals surface area contributed by atoms with Crippen molar-refractivity contribution in [3.05, 3.63) is 0 Å². The van der Waals surface area contributed by atoms with Crippen molar-refractivity contribution < 1.29 is 18.0 Å². The lowest BCUT2D eigenvalue weighted by Crippen LogP contribution is -2.42. The van der Waals surface area contributed by atoms with E-state index in [0.717, 1.165) is 5.75 Å².